The van der Waals surface area contributed by atoms with E-state index >= 15 is 0 Å². The Morgan fingerprint density at radius 3 is 2.44 bits per heavy atom. The summed E-state index contributed by atoms with van der Waals surface area (Å²) in [6, 6.07) is 13.6. The lowest BCUT2D eigenvalue weighted by Gasteiger charge is -2.12. The van der Waals surface area contributed by atoms with Gasteiger partial charge in [0.15, 0.2) is 11.6 Å². The van der Waals surface area contributed by atoms with Gasteiger partial charge in [-0.3, -0.25) is 0 Å². The maximum absolute atomic E-state index is 6.03. The average Bonchev–Trinajstić information content (AvgIpc) is 3.17. The standard InChI is InChI=1S/C20H23N7/c1-13(21)17-10-7-11-27(17)18-12-23-20(22)19(24-18)15(3)26-25-14(2)16-8-5-4-6-9-16/h4-13H,21H2,1-3H3,(H2,22,23)/b25-14+,26-15+. The second-order valence-electron chi connectivity index (χ2n) is 6.29. The van der Waals surface area contributed by atoms with Gasteiger partial charge in [0, 0.05) is 17.9 Å². The number of hydrogen-bond donors (Lipinski definition) is 2. The lowest BCUT2D eigenvalue weighted by atomic mass is 10.1. The number of aromatic nitrogens is 3. The minimum atomic E-state index is -0.129. The van der Waals surface area contributed by atoms with Gasteiger partial charge in [0.25, 0.3) is 0 Å². The molecule has 138 valence electrons. The summed E-state index contributed by atoms with van der Waals surface area (Å²) in [5.41, 5.74) is 15.9. The molecule has 7 heteroatoms. The van der Waals surface area contributed by atoms with Crippen LogP contribution in [-0.4, -0.2) is 26.0 Å². The summed E-state index contributed by atoms with van der Waals surface area (Å²) in [6.45, 7) is 5.64. The highest BCUT2D eigenvalue weighted by atomic mass is 15.2. The Kier molecular flexibility index (Phi) is 5.42. The summed E-state index contributed by atoms with van der Waals surface area (Å²) in [6.07, 6.45) is 3.52. The van der Waals surface area contributed by atoms with Gasteiger partial charge in [-0.25, -0.2) is 9.97 Å². The van der Waals surface area contributed by atoms with Crippen molar-refractivity contribution in [2.45, 2.75) is 26.8 Å². The van der Waals surface area contributed by atoms with Crippen molar-refractivity contribution in [3.8, 4) is 5.82 Å². The quantitative estimate of drug-likeness (QED) is 0.538. The van der Waals surface area contributed by atoms with Gasteiger partial charge in [0.2, 0.25) is 0 Å². The molecule has 0 saturated heterocycles. The molecule has 0 saturated carbocycles. The predicted molar refractivity (Wildman–Crippen MR) is 109 cm³/mol. The smallest absolute Gasteiger partial charge is 0.156 e. The van der Waals surface area contributed by atoms with Gasteiger partial charge in [-0.2, -0.15) is 10.2 Å². The number of benzene rings is 1. The molecule has 3 rings (SSSR count). The highest BCUT2D eigenvalue weighted by molar-refractivity contribution is 6.02. The van der Waals surface area contributed by atoms with Crippen LogP contribution in [0, 0.1) is 0 Å². The van der Waals surface area contributed by atoms with Crippen molar-refractivity contribution < 1.29 is 0 Å². The molecular weight excluding hydrogens is 338 g/mol. The molecule has 1 atom stereocenters. The number of nitrogens with two attached hydrogens (primary N) is 2. The fourth-order valence-electron chi connectivity index (χ4n) is 2.68. The minimum absolute atomic E-state index is 0.129. The molecule has 0 radical (unpaired) electrons. The molecule has 1 unspecified atom stereocenters. The first-order chi connectivity index (χ1) is 13.0. The summed E-state index contributed by atoms with van der Waals surface area (Å²) in [4.78, 5) is 8.89. The lowest BCUT2D eigenvalue weighted by molar-refractivity contribution is 0.743. The Hall–Kier alpha value is -3.32. The molecule has 0 aliphatic heterocycles. The molecule has 4 N–H and O–H groups in total. The average molecular weight is 361 g/mol. The van der Waals surface area contributed by atoms with Gasteiger partial charge in [-0.05, 0) is 38.5 Å². The molecule has 0 spiro atoms. The van der Waals surface area contributed by atoms with Crippen molar-refractivity contribution in [3.63, 3.8) is 0 Å². The first-order valence-electron chi connectivity index (χ1n) is 8.67. The van der Waals surface area contributed by atoms with Crippen LogP contribution in [0.25, 0.3) is 5.82 Å². The zero-order valence-corrected chi connectivity index (χ0v) is 15.7. The van der Waals surface area contributed by atoms with Gasteiger partial charge < -0.3 is 16.0 Å². The predicted octanol–water partition coefficient (Wildman–Crippen LogP) is 3.10. The zero-order chi connectivity index (χ0) is 19.4. The molecular formula is C20H23N7. The van der Waals surface area contributed by atoms with E-state index < -0.39 is 0 Å². The van der Waals surface area contributed by atoms with E-state index in [1.54, 1.807) is 6.20 Å². The van der Waals surface area contributed by atoms with E-state index in [9.17, 15) is 0 Å². The maximum atomic E-state index is 6.03. The van der Waals surface area contributed by atoms with Gasteiger partial charge in [0.1, 0.15) is 5.69 Å². The number of nitrogens with zero attached hydrogens (tertiary/aromatic N) is 5. The third kappa shape index (κ3) is 4.09. The fourth-order valence-corrected chi connectivity index (χ4v) is 2.68. The van der Waals surface area contributed by atoms with Crippen LogP contribution in [0.4, 0.5) is 5.82 Å². The molecule has 7 nitrogen and oxygen atoms in total. The molecule has 2 aromatic heterocycles. The lowest BCUT2D eigenvalue weighted by Crippen LogP contribution is -2.14. The molecule has 0 amide bonds. The molecule has 27 heavy (non-hydrogen) atoms. The van der Waals surface area contributed by atoms with Crippen LogP contribution in [0.3, 0.4) is 0 Å². The van der Waals surface area contributed by atoms with Gasteiger partial charge in [-0.15, -0.1) is 0 Å². The van der Waals surface area contributed by atoms with Crippen LogP contribution in [0.5, 0.6) is 0 Å². The van der Waals surface area contributed by atoms with E-state index in [1.807, 2.05) is 74.0 Å². The van der Waals surface area contributed by atoms with Crippen molar-refractivity contribution in [1.82, 2.24) is 14.5 Å². The molecule has 3 aromatic rings. The Labute approximate surface area is 158 Å². The highest BCUT2D eigenvalue weighted by Crippen LogP contribution is 2.17. The summed E-state index contributed by atoms with van der Waals surface area (Å²) in [7, 11) is 0. The monoisotopic (exact) mass is 361 g/mol. The van der Waals surface area contributed by atoms with Crippen molar-refractivity contribution in [3.05, 3.63) is 71.8 Å². The maximum Gasteiger partial charge on any atom is 0.156 e. The van der Waals surface area contributed by atoms with E-state index in [4.69, 9.17) is 11.5 Å². The summed E-state index contributed by atoms with van der Waals surface area (Å²) >= 11 is 0. The normalized spacial score (nSPS) is 13.6. The van der Waals surface area contributed by atoms with Crippen LogP contribution in [-0.2, 0) is 0 Å². The van der Waals surface area contributed by atoms with E-state index in [0.29, 0.717) is 23.0 Å². The van der Waals surface area contributed by atoms with Gasteiger partial charge in [0.05, 0.1) is 17.6 Å². The number of anilines is 1. The first-order valence-corrected chi connectivity index (χ1v) is 8.67. The second kappa shape index (κ2) is 7.92. The molecule has 2 heterocycles. The van der Waals surface area contributed by atoms with Gasteiger partial charge >= 0.3 is 0 Å². The highest BCUT2D eigenvalue weighted by Gasteiger charge is 2.13. The summed E-state index contributed by atoms with van der Waals surface area (Å²) in [5, 5.41) is 8.60. The molecule has 1 aromatic carbocycles. The topological polar surface area (TPSA) is 107 Å². The number of nitrogen functional groups attached to an aromatic ring is 1. The SMILES string of the molecule is C/C(=N\N=C(/C)c1nc(-n2cccc2C(C)N)cnc1N)c1ccccc1. The van der Waals surface area contributed by atoms with Crippen LogP contribution in [0.15, 0.2) is 65.1 Å². The summed E-state index contributed by atoms with van der Waals surface area (Å²) < 4.78 is 1.90. The van der Waals surface area contributed by atoms with E-state index in [1.165, 1.54) is 0 Å². The Balaban J connectivity index is 1.95. The van der Waals surface area contributed by atoms with Crippen molar-refractivity contribution in [2.75, 3.05) is 5.73 Å². The third-order valence-electron chi connectivity index (χ3n) is 4.17. The Morgan fingerprint density at radius 2 is 1.74 bits per heavy atom. The van der Waals surface area contributed by atoms with E-state index in [2.05, 4.69) is 20.2 Å². The second-order valence-corrected chi connectivity index (χ2v) is 6.29. The minimum Gasteiger partial charge on any atom is -0.382 e. The van der Waals surface area contributed by atoms with Crippen LogP contribution >= 0.6 is 0 Å². The third-order valence-corrected chi connectivity index (χ3v) is 4.17. The Morgan fingerprint density at radius 1 is 1.04 bits per heavy atom. The van der Waals surface area contributed by atoms with Crippen molar-refractivity contribution >= 4 is 17.2 Å². The number of hydrogen-bond acceptors (Lipinski definition) is 6. The van der Waals surface area contributed by atoms with E-state index in [0.717, 1.165) is 17.0 Å². The zero-order valence-electron chi connectivity index (χ0n) is 15.7. The molecule has 0 bridgehead atoms. The summed E-state index contributed by atoms with van der Waals surface area (Å²) in [5.74, 6) is 0.942. The van der Waals surface area contributed by atoms with Crippen LogP contribution in [0.1, 0.15) is 43.8 Å². The van der Waals surface area contributed by atoms with Crippen molar-refractivity contribution in [2.24, 2.45) is 15.9 Å². The van der Waals surface area contributed by atoms with Crippen LogP contribution < -0.4 is 11.5 Å². The molecule has 0 fully saturated rings. The van der Waals surface area contributed by atoms with Crippen LogP contribution in [0.2, 0.25) is 0 Å². The van der Waals surface area contributed by atoms with Crippen molar-refractivity contribution in [1.29, 1.82) is 0 Å². The van der Waals surface area contributed by atoms with E-state index in [-0.39, 0.29) is 6.04 Å². The fraction of sp³-hybridized carbons (Fsp3) is 0.200. The van der Waals surface area contributed by atoms with Gasteiger partial charge in [-0.1, -0.05) is 30.3 Å². The largest absolute Gasteiger partial charge is 0.382 e. The molecule has 0 aliphatic carbocycles. The Bertz CT molecular complexity index is 985. The first kappa shape index (κ1) is 18.5. The molecule has 0 aliphatic rings. The number of rotatable bonds is 5.